The van der Waals surface area contributed by atoms with Crippen LogP contribution in [0.25, 0.3) is 11.2 Å². The Hall–Kier alpha value is -1.82. The highest BCUT2D eigenvalue weighted by Crippen LogP contribution is 2.32. The fourth-order valence-electron chi connectivity index (χ4n) is 2.73. The van der Waals surface area contributed by atoms with Crippen molar-refractivity contribution in [2.75, 3.05) is 5.73 Å². The smallest absolute Gasteiger partial charge is 0.203 e. The maximum atomic E-state index is 6.19. The van der Waals surface area contributed by atoms with Crippen LogP contribution in [0.3, 0.4) is 0 Å². The van der Waals surface area contributed by atoms with Gasteiger partial charge in [-0.25, -0.2) is 9.67 Å². The summed E-state index contributed by atoms with van der Waals surface area (Å²) in [6.45, 7) is 7.06. The summed E-state index contributed by atoms with van der Waals surface area (Å²) in [5, 5.41) is 6.65. The number of hydrogen-bond donors (Lipinski definition) is 1. The van der Waals surface area contributed by atoms with E-state index in [0.717, 1.165) is 29.8 Å². The van der Waals surface area contributed by atoms with E-state index in [1.807, 2.05) is 11.6 Å². The third-order valence-corrected chi connectivity index (χ3v) is 4.61. The molecule has 0 saturated heterocycles. The molecular formula is C14H19N5S. The van der Waals surface area contributed by atoms with Crippen LogP contribution in [0, 0.1) is 6.92 Å². The molecular weight excluding hydrogens is 270 g/mol. The summed E-state index contributed by atoms with van der Waals surface area (Å²) in [4.78, 5) is 5.83. The van der Waals surface area contributed by atoms with Crippen LogP contribution in [0.15, 0.2) is 17.5 Å². The molecule has 0 saturated carbocycles. The minimum Gasteiger partial charge on any atom is -0.369 e. The topological polar surface area (TPSA) is 61.7 Å². The van der Waals surface area contributed by atoms with Crippen molar-refractivity contribution in [2.24, 2.45) is 0 Å². The Bertz CT molecular complexity index is 722. The van der Waals surface area contributed by atoms with Gasteiger partial charge in [-0.05, 0) is 31.7 Å². The van der Waals surface area contributed by atoms with Crippen molar-refractivity contribution in [3.05, 3.63) is 28.1 Å². The SMILES string of the molecule is CCC(c1cccs1)n1c(N)nc2c(C)nn(CC)c21. The van der Waals surface area contributed by atoms with Gasteiger partial charge in [0.2, 0.25) is 5.95 Å². The molecule has 3 aromatic rings. The number of anilines is 1. The van der Waals surface area contributed by atoms with Crippen LogP contribution >= 0.6 is 11.3 Å². The second-order valence-corrected chi connectivity index (χ2v) is 5.83. The van der Waals surface area contributed by atoms with Gasteiger partial charge in [-0.3, -0.25) is 4.57 Å². The van der Waals surface area contributed by atoms with Crippen LogP contribution in [0.4, 0.5) is 5.95 Å². The molecule has 0 amide bonds. The molecule has 2 N–H and O–H groups in total. The number of nitrogen functional groups attached to an aromatic ring is 1. The summed E-state index contributed by atoms with van der Waals surface area (Å²) in [5.74, 6) is 0.572. The Morgan fingerprint density at radius 3 is 2.80 bits per heavy atom. The molecule has 0 aliphatic rings. The van der Waals surface area contributed by atoms with Gasteiger partial charge in [0.25, 0.3) is 0 Å². The zero-order valence-corrected chi connectivity index (χ0v) is 12.8. The number of aromatic nitrogens is 4. The molecule has 1 atom stereocenters. The predicted molar refractivity (Wildman–Crippen MR) is 83.1 cm³/mol. The average Bonchev–Trinajstić information content (AvgIpc) is 3.12. The first-order valence-corrected chi connectivity index (χ1v) is 7.79. The highest BCUT2D eigenvalue weighted by molar-refractivity contribution is 7.10. The van der Waals surface area contributed by atoms with Crippen LogP contribution in [0.2, 0.25) is 0 Å². The van der Waals surface area contributed by atoms with Crippen molar-refractivity contribution in [3.8, 4) is 0 Å². The highest BCUT2D eigenvalue weighted by atomic mass is 32.1. The van der Waals surface area contributed by atoms with Crippen molar-refractivity contribution in [1.82, 2.24) is 19.3 Å². The van der Waals surface area contributed by atoms with E-state index in [0.29, 0.717) is 5.95 Å². The Kier molecular flexibility index (Phi) is 3.25. The summed E-state index contributed by atoms with van der Waals surface area (Å²) in [6, 6.07) is 4.46. The van der Waals surface area contributed by atoms with E-state index in [1.54, 1.807) is 11.3 Å². The van der Waals surface area contributed by atoms with Gasteiger partial charge in [0.15, 0.2) is 5.65 Å². The third kappa shape index (κ3) is 1.83. The number of imidazole rings is 1. The number of thiophene rings is 1. The molecule has 20 heavy (non-hydrogen) atoms. The summed E-state index contributed by atoms with van der Waals surface area (Å²) in [7, 11) is 0. The quantitative estimate of drug-likeness (QED) is 0.802. The van der Waals surface area contributed by atoms with Crippen LogP contribution in [0.1, 0.15) is 36.9 Å². The number of fused-ring (bicyclic) bond motifs is 1. The van der Waals surface area contributed by atoms with E-state index in [-0.39, 0.29) is 6.04 Å². The predicted octanol–water partition coefficient (Wildman–Crippen LogP) is 3.20. The van der Waals surface area contributed by atoms with Crippen LogP contribution in [-0.4, -0.2) is 19.3 Å². The lowest BCUT2D eigenvalue weighted by Gasteiger charge is -2.18. The Morgan fingerprint density at radius 1 is 1.40 bits per heavy atom. The summed E-state index contributed by atoms with van der Waals surface area (Å²) in [6.07, 6.45) is 0.976. The lowest BCUT2D eigenvalue weighted by Crippen LogP contribution is -2.14. The maximum absolute atomic E-state index is 6.19. The Morgan fingerprint density at radius 2 is 2.20 bits per heavy atom. The third-order valence-electron chi connectivity index (χ3n) is 3.64. The molecule has 106 valence electrons. The molecule has 3 heterocycles. The molecule has 0 aromatic carbocycles. The van der Waals surface area contributed by atoms with E-state index >= 15 is 0 Å². The number of rotatable bonds is 4. The molecule has 0 bridgehead atoms. The minimum absolute atomic E-state index is 0.224. The zero-order chi connectivity index (χ0) is 14.3. The standard InChI is InChI=1S/C14H19N5S/c1-4-10(11-7-6-8-20-11)19-13-12(16-14(19)15)9(3)17-18(13)5-2/h6-8,10H,4-5H2,1-3H3,(H2,15,16). The summed E-state index contributed by atoms with van der Waals surface area (Å²) >= 11 is 1.76. The molecule has 3 rings (SSSR count). The summed E-state index contributed by atoms with van der Waals surface area (Å²) < 4.78 is 4.12. The molecule has 3 aromatic heterocycles. The average molecular weight is 289 g/mol. The first kappa shape index (κ1) is 13.2. The lowest BCUT2D eigenvalue weighted by atomic mass is 10.2. The normalized spacial score (nSPS) is 13.2. The van der Waals surface area contributed by atoms with Gasteiger partial charge >= 0.3 is 0 Å². The molecule has 5 nitrogen and oxygen atoms in total. The van der Waals surface area contributed by atoms with E-state index in [4.69, 9.17) is 5.73 Å². The first-order valence-electron chi connectivity index (χ1n) is 6.91. The van der Waals surface area contributed by atoms with Crippen LogP contribution in [-0.2, 0) is 6.54 Å². The molecule has 0 aliphatic carbocycles. The fraction of sp³-hybridized carbons (Fsp3) is 0.429. The van der Waals surface area contributed by atoms with Crippen molar-refractivity contribution in [1.29, 1.82) is 0 Å². The van der Waals surface area contributed by atoms with Crippen LogP contribution in [0.5, 0.6) is 0 Å². The Balaban J connectivity index is 2.26. The van der Waals surface area contributed by atoms with Crippen LogP contribution < -0.4 is 5.73 Å². The second-order valence-electron chi connectivity index (χ2n) is 4.85. The van der Waals surface area contributed by atoms with Crippen molar-refractivity contribution >= 4 is 28.4 Å². The van der Waals surface area contributed by atoms with Crippen molar-refractivity contribution in [3.63, 3.8) is 0 Å². The fourth-order valence-corrected chi connectivity index (χ4v) is 3.63. The maximum Gasteiger partial charge on any atom is 0.203 e. The molecule has 0 spiro atoms. The zero-order valence-electron chi connectivity index (χ0n) is 12.0. The molecule has 0 radical (unpaired) electrons. The van der Waals surface area contributed by atoms with Gasteiger partial charge < -0.3 is 5.73 Å². The van der Waals surface area contributed by atoms with E-state index < -0.39 is 0 Å². The van der Waals surface area contributed by atoms with Gasteiger partial charge in [-0.15, -0.1) is 11.3 Å². The molecule has 0 aliphatic heterocycles. The van der Waals surface area contributed by atoms with Gasteiger partial charge in [-0.1, -0.05) is 13.0 Å². The van der Waals surface area contributed by atoms with E-state index in [9.17, 15) is 0 Å². The van der Waals surface area contributed by atoms with Crippen molar-refractivity contribution in [2.45, 2.75) is 39.8 Å². The monoisotopic (exact) mass is 289 g/mol. The molecule has 1 unspecified atom stereocenters. The van der Waals surface area contributed by atoms with Gasteiger partial charge in [-0.2, -0.15) is 5.10 Å². The highest BCUT2D eigenvalue weighted by Gasteiger charge is 2.23. The van der Waals surface area contributed by atoms with Gasteiger partial charge in [0.05, 0.1) is 11.7 Å². The lowest BCUT2D eigenvalue weighted by molar-refractivity contribution is 0.568. The molecule has 0 fully saturated rings. The van der Waals surface area contributed by atoms with Gasteiger partial charge in [0.1, 0.15) is 5.52 Å². The van der Waals surface area contributed by atoms with Crippen molar-refractivity contribution < 1.29 is 0 Å². The van der Waals surface area contributed by atoms with Gasteiger partial charge in [0, 0.05) is 11.4 Å². The van der Waals surface area contributed by atoms with E-state index in [2.05, 4.69) is 46.0 Å². The minimum atomic E-state index is 0.224. The number of hydrogen-bond acceptors (Lipinski definition) is 4. The largest absolute Gasteiger partial charge is 0.369 e. The molecule has 6 heteroatoms. The Labute approximate surface area is 122 Å². The number of aryl methyl sites for hydroxylation is 2. The second kappa shape index (κ2) is 4.94. The number of nitrogens with two attached hydrogens (primary N) is 1. The summed E-state index contributed by atoms with van der Waals surface area (Å²) in [5.41, 5.74) is 9.07. The number of nitrogens with zero attached hydrogens (tertiary/aromatic N) is 4. The first-order chi connectivity index (χ1) is 9.67. The van der Waals surface area contributed by atoms with E-state index in [1.165, 1.54) is 4.88 Å².